The molecule has 2 rings (SSSR count). The quantitative estimate of drug-likeness (QED) is 0.838. The van der Waals surface area contributed by atoms with Crippen molar-refractivity contribution < 1.29 is 13.2 Å². The predicted octanol–water partition coefficient (Wildman–Crippen LogP) is 3.03. The topological polar surface area (TPSA) is 56.7 Å². The van der Waals surface area contributed by atoms with E-state index in [4.69, 9.17) is 5.73 Å². The lowest BCUT2D eigenvalue weighted by atomic mass is 10.1. The number of rotatable bonds is 2. The van der Waals surface area contributed by atoms with Crippen molar-refractivity contribution in [3.05, 3.63) is 29.1 Å². The van der Waals surface area contributed by atoms with Gasteiger partial charge >= 0.3 is 6.18 Å². The number of hydrogen-bond donors (Lipinski definition) is 2. The van der Waals surface area contributed by atoms with E-state index in [0.29, 0.717) is 17.0 Å². The highest BCUT2D eigenvalue weighted by molar-refractivity contribution is 7.80. The van der Waals surface area contributed by atoms with Gasteiger partial charge in [0.2, 0.25) is 5.95 Å². The summed E-state index contributed by atoms with van der Waals surface area (Å²) in [6.45, 7) is 3.77. The second-order valence-corrected chi connectivity index (χ2v) is 4.81. The summed E-state index contributed by atoms with van der Waals surface area (Å²) in [6, 6.07) is 3.49. The van der Waals surface area contributed by atoms with Crippen LogP contribution >= 0.6 is 12.6 Å². The summed E-state index contributed by atoms with van der Waals surface area (Å²) in [5.74, 6) is -1.55. The molecule has 8 heteroatoms. The molecule has 1 aromatic heterocycles. The normalized spacial score (nSPS) is 11.9. The lowest BCUT2D eigenvalue weighted by Crippen LogP contribution is -2.09. The van der Waals surface area contributed by atoms with Gasteiger partial charge in [-0.25, -0.2) is 0 Å². The van der Waals surface area contributed by atoms with Gasteiger partial charge in [-0.3, -0.25) is 0 Å². The first kappa shape index (κ1) is 14.7. The minimum Gasteiger partial charge on any atom is -0.368 e. The summed E-state index contributed by atoms with van der Waals surface area (Å²) < 4.78 is 38.8. The van der Waals surface area contributed by atoms with E-state index >= 15 is 0 Å². The van der Waals surface area contributed by atoms with Gasteiger partial charge in [0, 0.05) is 4.90 Å². The number of nitrogens with two attached hydrogens (primary N) is 1. The van der Waals surface area contributed by atoms with E-state index in [2.05, 4.69) is 22.7 Å². The number of hydrogen-bond acceptors (Lipinski definition) is 4. The van der Waals surface area contributed by atoms with Crippen molar-refractivity contribution in [3.8, 4) is 5.69 Å². The van der Waals surface area contributed by atoms with Gasteiger partial charge in [-0.15, -0.1) is 17.7 Å². The molecule has 0 spiro atoms. The van der Waals surface area contributed by atoms with Crippen molar-refractivity contribution in [2.24, 2.45) is 0 Å². The van der Waals surface area contributed by atoms with Crippen LogP contribution in [0.15, 0.2) is 17.0 Å². The zero-order valence-electron chi connectivity index (χ0n) is 10.9. The molecule has 0 saturated heterocycles. The van der Waals surface area contributed by atoms with E-state index in [1.165, 1.54) is 0 Å². The molecule has 20 heavy (non-hydrogen) atoms. The van der Waals surface area contributed by atoms with Crippen LogP contribution in [-0.4, -0.2) is 14.8 Å². The smallest absolute Gasteiger partial charge is 0.368 e. The minimum absolute atomic E-state index is 0.302. The second kappa shape index (κ2) is 5.01. The van der Waals surface area contributed by atoms with E-state index in [-0.39, 0.29) is 5.95 Å². The Balaban J connectivity index is 2.63. The van der Waals surface area contributed by atoms with Gasteiger partial charge in [-0.1, -0.05) is 13.0 Å². The van der Waals surface area contributed by atoms with Crippen molar-refractivity contribution in [2.45, 2.75) is 31.3 Å². The number of nitrogen functional groups attached to an aromatic ring is 1. The Hall–Kier alpha value is -1.70. The fourth-order valence-corrected chi connectivity index (χ4v) is 2.03. The van der Waals surface area contributed by atoms with Gasteiger partial charge in [-0.05, 0) is 30.5 Å². The molecule has 0 atom stereocenters. The first-order valence-electron chi connectivity index (χ1n) is 5.86. The van der Waals surface area contributed by atoms with Crippen LogP contribution in [0.4, 0.5) is 19.1 Å². The molecular weight excluding hydrogens is 289 g/mol. The number of aromatic nitrogens is 3. The van der Waals surface area contributed by atoms with E-state index in [9.17, 15) is 13.2 Å². The van der Waals surface area contributed by atoms with E-state index < -0.39 is 12.0 Å². The Morgan fingerprint density at radius 3 is 2.50 bits per heavy atom. The molecule has 1 heterocycles. The largest absolute Gasteiger partial charge is 0.453 e. The molecule has 4 nitrogen and oxygen atoms in total. The number of aryl methyl sites for hydroxylation is 2. The molecule has 108 valence electrons. The monoisotopic (exact) mass is 302 g/mol. The van der Waals surface area contributed by atoms with Gasteiger partial charge in [-0.2, -0.15) is 22.8 Å². The van der Waals surface area contributed by atoms with E-state index in [0.717, 1.165) is 15.8 Å². The second-order valence-electron chi connectivity index (χ2n) is 4.32. The molecule has 0 aliphatic heterocycles. The molecule has 0 amide bonds. The lowest BCUT2D eigenvalue weighted by Gasteiger charge is -2.11. The zero-order chi connectivity index (χ0) is 15.1. The Morgan fingerprint density at radius 2 is 2.00 bits per heavy atom. The third kappa shape index (κ3) is 2.60. The van der Waals surface area contributed by atoms with Crippen LogP contribution in [0.25, 0.3) is 5.69 Å². The molecule has 1 aromatic carbocycles. The highest BCUT2D eigenvalue weighted by Crippen LogP contribution is 2.29. The Labute approximate surface area is 119 Å². The summed E-state index contributed by atoms with van der Waals surface area (Å²) in [6.07, 6.45) is -3.99. The first-order valence-corrected chi connectivity index (χ1v) is 6.31. The predicted molar refractivity (Wildman–Crippen MR) is 72.1 cm³/mol. The van der Waals surface area contributed by atoms with Gasteiger partial charge in [0.05, 0.1) is 5.69 Å². The number of alkyl halides is 3. The molecule has 0 fully saturated rings. The summed E-state index contributed by atoms with van der Waals surface area (Å²) in [5, 5.41) is 3.45. The van der Waals surface area contributed by atoms with Crippen LogP contribution in [0.2, 0.25) is 0 Å². The number of halogens is 3. The van der Waals surface area contributed by atoms with Crippen molar-refractivity contribution in [1.29, 1.82) is 0 Å². The molecule has 0 radical (unpaired) electrons. The molecule has 0 unspecified atom stereocenters. The van der Waals surface area contributed by atoms with Gasteiger partial charge in [0.25, 0.3) is 5.82 Å². The third-order valence-corrected chi connectivity index (χ3v) is 3.37. The number of nitrogens with zero attached hydrogens (tertiary/aromatic N) is 3. The van der Waals surface area contributed by atoms with E-state index in [1.807, 2.05) is 19.9 Å². The fourth-order valence-electron chi connectivity index (χ4n) is 1.85. The van der Waals surface area contributed by atoms with Gasteiger partial charge < -0.3 is 5.73 Å². The standard InChI is InChI=1S/C12H13F3N4S/c1-3-7-4-6(2)9(20)5-8(7)19-11(16)17-10(18-19)12(13,14)15/h4-5,20H,3H2,1-2H3,(H2,16,17,18). The van der Waals surface area contributed by atoms with Crippen LogP contribution in [-0.2, 0) is 12.6 Å². The van der Waals surface area contributed by atoms with Crippen molar-refractivity contribution in [1.82, 2.24) is 14.8 Å². The summed E-state index contributed by atoms with van der Waals surface area (Å²) in [7, 11) is 0. The number of anilines is 1. The molecule has 0 aliphatic rings. The number of thiol groups is 1. The van der Waals surface area contributed by atoms with Crippen LogP contribution in [0, 0.1) is 6.92 Å². The SMILES string of the molecule is CCc1cc(C)c(S)cc1-n1nc(C(F)(F)F)nc1N. The average molecular weight is 302 g/mol. The third-order valence-electron chi connectivity index (χ3n) is 2.89. The molecule has 2 aromatic rings. The summed E-state index contributed by atoms with van der Waals surface area (Å²) >= 11 is 4.28. The Morgan fingerprint density at radius 1 is 1.35 bits per heavy atom. The van der Waals surface area contributed by atoms with Crippen LogP contribution in [0.1, 0.15) is 23.9 Å². The van der Waals surface area contributed by atoms with Gasteiger partial charge in [0.1, 0.15) is 0 Å². The van der Waals surface area contributed by atoms with Crippen LogP contribution < -0.4 is 5.73 Å². The maximum absolute atomic E-state index is 12.6. The summed E-state index contributed by atoms with van der Waals surface area (Å²) in [4.78, 5) is 3.92. The molecule has 0 saturated carbocycles. The first-order chi connectivity index (χ1) is 9.24. The van der Waals surface area contributed by atoms with Crippen molar-refractivity contribution >= 4 is 18.6 Å². The fraction of sp³-hybridized carbons (Fsp3) is 0.333. The van der Waals surface area contributed by atoms with Crippen LogP contribution in [0.3, 0.4) is 0 Å². The maximum Gasteiger partial charge on any atom is 0.453 e. The summed E-state index contributed by atoms with van der Waals surface area (Å²) in [5.41, 5.74) is 7.77. The lowest BCUT2D eigenvalue weighted by molar-refractivity contribution is -0.144. The molecule has 0 bridgehead atoms. The zero-order valence-corrected chi connectivity index (χ0v) is 11.8. The Kier molecular flexibility index (Phi) is 3.68. The van der Waals surface area contributed by atoms with Crippen molar-refractivity contribution in [3.63, 3.8) is 0 Å². The maximum atomic E-state index is 12.6. The highest BCUT2D eigenvalue weighted by atomic mass is 32.1. The van der Waals surface area contributed by atoms with E-state index in [1.54, 1.807) is 6.07 Å². The average Bonchev–Trinajstić information content (AvgIpc) is 2.74. The molecular formula is C12H13F3N4S. The Bertz CT molecular complexity index is 649. The van der Waals surface area contributed by atoms with Crippen LogP contribution in [0.5, 0.6) is 0 Å². The minimum atomic E-state index is -4.62. The van der Waals surface area contributed by atoms with Crippen molar-refractivity contribution in [2.75, 3.05) is 5.73 Å². The molecule has 2 N–H and O–H groups in total. The number of benzene rings is 1. The molecule has 0 aliphatic carbocycles. The highest BCUT2D eigenvalue weighted by Gasteiger charge is 2.37. The van der Waals surface area contributed by atoms with Gasteiger partial charge in [0.15, 0.2) is 0 Å².